The predicted octanol–water partition coefficient (Wildman–Crippen LogP) is 5.01. The number of nitrogens with zero attached hydrogens (tertiary/aromatic N) is 2. The molecular weight excluding hydrogens is 517 g/mol. The number of anilines is 1. The lowest BCUT2D eigenvalue weighted by Crippen LogP contribution is -2.16. The van der Waals surface area contributed by atoms with E-state index in [1.807, 2.05) is 23.9 Å². The van der Waals surface area contributed by atoms with Crippen LogP contribution in [0.4, 0.5) is 5.69 Å². The number of sulfone groups is 1. The molecule has 0 saturated heterocycles. The van der Waals surface area contributed by atoms with Crippen LogP contribution in [-0.4, -0.2) is 46.0 Å². The molecule has 0 unspecified atom stereocenters. The van der Waals surface area contributed by atoms with Gasteiger partial charge in [-0.2, -0.15) is 0 Å². The summed E-state index contributed by atoms with van der Waals surface area (Å²) in [6.45, 7) is 1.71. The van der Waals surface area contributed by atoms with E-state index in [0.717, 1.165) is 56.8 Å². The molecule has 1 saturated carbocycles. The van der Waals surface area contributed by atoms with E-state index in [9.17, 15) is 8.42 Å². The zero-order valence-electron chi connectivity index (χ0n) is 16.9. The Morgan fingerprint density at radius 2 is 2.03 bits per heavy atom. The number of aromatic nitrogens is 1. The Morgan fingerprint density at radius 1 is 1.28 bits per heavy atom. The van der Waals surface area contributed by atoms with Gasteiger partial charge in [0.2, 0.25) is 0 Å². The maximum atomic E-state index is 12.6. The second-order valence-corrected chi connectivity index (χ2v) is 12.3. The van der Waals surface area contributed by atoms with Gasteiger partial charge in [0.25, 0.3) is 0 Å². The van der Waals surface area contributed by atoms with Crippen molar-refractivity contribution in [3.8, 4) is 0 Å². The highest BCUT2D eigenvalue weighted by molar-refractivity contribution is 14.1. The first-order chi connectivity index (χ1) is 13.9. The number of rotatable bonds is 7. The minimum atomic E-state index is -3.27. The van der Waals surface area contributed by atoms with Crippen molar-refractivity contribution < 1.29 is 8.42 Å². The molecule has 1 aromatic heterocycles. The lowest BCUT2D eigenvalue weighted by Gasteiger charge is -2.17. The van der Waals surface area contributed by atoms with Gasteiger partial charge in [-0.15, -0.1) is 11.8 Å². The van der Waals surface area contributed by atoms with Crippen LogP contribution in [0.5, 0.6) is 0 Å². The van der Waals surface area contributed by atoms with Crippen molar-refractivity contribution in [1.82, 2.24) is 4.57 Å². The fourth-order valence-corrected chi connectivity index (χ4v) is 7.07. The molecule has 158 valence electrons. The summed E-state index contributed by atoms with van der Waals surface area (Å²) in [5.74, 6) is 1.14. The minimum absolute atomic E-state index is 0.113. The van der Waals surface area contributed by atoms with Crippen molar-refractivity contribution in [2.45, 2.75) is 56.0 Å². The summed E-state index contributed by atoms with van der Waals surface area (Å²) < 4.78 is 28.6. The fraction of sp³-hybridized carbons (Fsp3) is 0.571. The topological polar surface area (TPSA) is 63.5 Å². The lowest BCUT2D eigenvalue weighted by molar-refractivity contribution is 0.597. The molecule has 0 radical (unpaired) electrons. The van der Waals surface area contributed by atoms with Crippen LogP contribution in [0, 0.1) is 0 Å². The van der Waals surface area contributed by atoms with Gasteiger partial charge in [-0.3, -0.25) is 4.99 Å². The van der Waals surface area contributed by atoms with E-state index in [4.69, 9.17) is 4.99 Å². The molecule has 1 fully saturated rings. The summed E-state index contributed by atoms with van der Waals surface area (Å²) in [6, 6.07) is 6.59. The number of alkyl halides is 1. The Morgan fingerprint density at radius 3 is 2.72 bits per heavy atom. The fourth-order valence-electron chi connectivity index (χ4n) is 4.26. The normalized spacial score (nSPS) is 20.5. The quantitative estimate of drug-likeness (QED) is 0.393. The van der Waals surface area contributed by atoms with Gasteiger partial charge >= 0.3 is 0 Å². The van der Waals surface area contributed by atoms with Crippen molar-refractivity contribution in [3.63, 3.8) is 0 Å². The number of aryl methyl sites for hydroxylation is 1. The Kier molecular flexibility index (Phi) is 6.51. The molecular formula is C21H28IN3O2S2. The first-order valence-electron chi connectivity index (χ1n) is 10.3. The van der Waals surface area contributed by atoms with Crippen LogP contribution in [0.2, 0.25) is 0 Å². The highest BCUT2D eigenvalue weighted by Gasteiger charge is 2.25. The maximum absolute atomic E-state index is 12.6. The average molecular weight is 546 g/mol. The van der Waals surface area contributed by atoms with Crippen molar-refractivity contribution in [1.29, 1.82) is 0 Å². The number of halogens is 1. The van der Waals surface area contributed by atoms with Gasteiger partial charge in [-0.1, -0.05) is 42.4 Å². The zero-order valence-corrected chi connectivity index (χ0v) is 20.7. The van der Waals surface area contributed by atoms with Gasteiger partial charge in [-0.05, 0) is 37.5 Å². The Balaban J connectivity index is 1.82. The van der Waals surface area contributed by atoms with Crippen LogP contribution >= 0.6 is 34.4 Å². The molecule has 1 N–H and O–H groups in total. The van der Waals surface area contributed by atoms with E-state index >= 15 is 0 Å². The molecule has 2 aromatic rings. The van der Waals surface area contributed by atoms with Crippen molar-refractivity contribution >= 4 is 65.8 Å². The van der Waals surface area contributed by atoms with E-state index in [1.165, 1.54) is 12.8 Å². The Hall–Kier alpha value is -0.740. The standard InChI is InChI=1S/C21H28IN3O2S2/c1-3-29(26,27)17-10-14-11-19(21-24-16(8-9-22)13-28-21)25(2)20(14)18(12-17)23-15-6-4-5-7-15/h10-12,15-16,23H,3-9,13H2,1-2H3/t16-/m1/s1. The second kappa shape index (κ2) is 8.78. The van der Waals surface area contributed by atoms with E-state index in [1.54, 1.807) is 6.92 Å². The number of hydrogen-bond donors (Lipinski definition) is 1. The number of fused-ring (bicyclic) bond motifs is 1. The van der Waals surface area contributed by atoms with E-state index in [0.29, 0.717) is 17.0 Å². The largest absolute Gasteiger partial charge is 0.381 e. The molecule has 0 spiro atoms. The summed E-state index contributed by atoms with van der Waals surface area (Å²) >= 11 is 4.22. The van der Waals surface area contributed by atoms with Crippen LogP contribution in [0.3, 0.4) is 0 Å². The van der Waals surface area contributed by atoms with Crippen LogP contribution < -0.4 is 5.32 Å². The van der Waals surface area contributed by atoms with Crippen molar-refractivity contribution in [2.75, 3.05) is 21.3 Å². The van der Waals surface area contributed by atoms with Crippen LogP contribution in [0.1, 0.15) is 44.7 Å². The van der Waals surface area contributed by atoms with Gasteiger partial charge in [0, 0.05) is 28.7 Å². The van der Waals surface area contributed by atoms with Crippen molar-refractivity contribution in [2.24, 2.45) is 12.0 Å². The number of nitrogens with one attached hydrogen (secondary N) is 1. The van der Waals surface area contributed by atoms with Gasteiger partial charge in [0.05, 0.1) is 33.6 Å². The summed E-state index contributed by atoms with van der Waals surface area (Å²) in [6.07, 6.45) is 5.86. The molecule has 1 aliphatic carbocycles. The van der Waals surface area contributed by atoms with Crippen molar-refractivity contribution in [3.05, 3.63) is 23.9 Å². The van der Waals surface area contributed by atoms with Gasteiger partial charge in [0.15, 0.2) is 9.84 Å². The molecule has 29 heavy (non-hydrogen) atoms. The molecule has 2 aliphatic rings. The molecule has 0 amide bonds. The first kappa shape index (κ1) is 21.5. The lowest BCUT2D eigenvalue weighted by atomic mass is 10.2. The molecule has 1 atom stereocenters. The Labute approximate surface area is 191 Å². The molecule has 4 rings (SSSR count). The zero-order chi connectivity index (χ0) is 20.6. The molecule has 0 bridgehead atoms. The van der Waals surface area contributed by atoms with Crippen LogP contribution in [0.15, 0.2) is 28.1 Å². The summed E-state index contributed by atoms with van der Waals surface area (Å²) in [7, 11) is -1.20. The van der Waals surface area contributed by atoms with E-state index in [-0.39, 0.29) is 5.75 Å². The number of hydrogen-bond acceptors (Lipinski definition) is 5. The molecule has 1 aliphatic heterocycles. The molecule has 2 heterocycles. The average Bonchev–Trinajstić information content (AvgIpc) is 3.43. The predicted molar refractivity (Wildman–Crippen MR) is 133 cm³/mol. The molecule has 5 nitrogen and oxygen atoms in total. The Bertz CT molecular complexity index is 1040. The van der Waals surface area contributed by atoms with Gasteiger partial charge in [-0.25, -0.2) is 8.42 Å². The number of benzene rings is 1. The minimum Gasteiger partial charge on any atom is -0.381 e. The van der Waals surface area contributed by atoms with Crippen LogP contribution in [0.25, 0.3) is 10.9 Å². The van der Waals surface area contributed by atoms with Crippen LogP contribution in [-0.2, 0) is 16.9 Å². The third-order valence-corrected chi connectivity index (χ3v) is 9.41. The maximum Gasteiger partial charge on any atom is 0.178 e. The highest BCUT2D eigenvalue weighted by atomic mass is 127. The number of thioether (sulfide) groups is 1. The van der Waals surface area contributed by atoms with Gasteiger partial charge < -0.3 is 9.88 Å². The smallest absolute Gasteiger partial charge is 0.178 e. The summed E-state index contributed by atoms with van der Waals surface area (Å²) in [5.41, 5.74) is 3.09. The first-order valence-corrected chi connectivity index (χ1v) is 14.5. The monoisotopic (exact) mass is 545 g/mol. The second-order valence-electron chi connectivity index (χ2n) is 7.90. The molecule has 8 heteroatoms. The van der Waals surface area contributed by atoms with E-state index in [2.05, 4.69) is 45.6 Å². The SMILES string of the molecule is CCS(=O)(=O)c1cc(NC2CCCC2)c2c(c1)cc(C1=N[C@H](CCI)CS1)n2C. The summed E-state index contributed by atoms with van der Waals surface area (Å²) in [5, 5.41) is 5.71. The van der Waals surface area contributed by atoms with E-state index < -0.39 is 9.84 Å². The van der Waals surface area contributed by atoms with Gasteiger partial charge in [0.1, 0.15) is 5.04 Å². The highest BCUT2D eigenvalue weighted by Crippen LogP contribution is 2.35. The molecule has 1 aromatic carbocycles. The third kappa shape index (κ3) is 4.35. The summed E-state index contributed by atoms with van der Waals surface area (Å²) in [4.78, 5) is 5.35. The third-order valence-electron chi connectivity index (χ3n) is 5.93. The number of aliphatic imine (C=N–C) groups is 1.